The summed E-state index contributed by atoms with van der Waals surface area (Å²) in [7, 11) is 0. The number of furan rings is 1. The molecule has 0 saturated carbocycles. The lowest BCUT2D eigenvalue weighted by molar-refractivity contribution is 0.0194. The third-order valence-electron chi connectivity index (χ3n) is 5.22. The minimum absolute atomic E-state index is 0.0531. The zero-order valence-electron chi connectivity index (χ0n) is 12.9. The number of ether oxygens (including phenoxy) is 1. The number of hydrogen-bond donors (Lipinski definition) is 0. The molecule has 3 fully saturated rings. The molecular formula is C17H24N2O3. The molecule has 120 valence electrons. The van der Waals surface area contributed by atoms with Crippen LogP contribution in [0, 0.1) is 17.8 Å². The van der Waals surface area contributed by atoms with Gasteiger partial charge in [-0.3, -0.25) is 4.79 Å². The third kappa shape index (κ3) is 2.92. The first-order chi connectivity index (χ1) is 10.8. The Kier molecular flexibility index (Phi) is 3.92. The topological polar surface area (TPSA) is 45.9 Å². The Morgan fingerprint density at radius 1 is 1.23 bits per heavy atom. The summed E-state index contributed by atoms with van der Waals surface area (Å²) in [6.07, 6.45) is 4.04. The summed E-state index contributed by atoms with van der Waals surface area (Å²) < 4.78 is 10.8. The van der Waals surface area contributed by atoms with Crippen molar-refractivity contribution in [1.29, 1.82) is 0 Å². The Balaban J connectivity index is 1.36. The zero-order chi connectivity index (χ0) is 14.9. The maximum absolute atomic E-state index is 12.5. The molecule has 5 nitrogen and oxygen atoms in total. The van der Waals surface area contributed by atoms with Crippen LogP contribution in [0.2, 0.25) is 0 Å². The summed E-state index contributed by atoms with van der Waals surface area (Å²) in [5.74, 6) is 2.44. The van der Waals surface area contributed by atoms with Crippen molar-refractivity contribution in [2.75, 3.05) is 45.9 Å². The molecule has 0 aromatic carbocycles. The van der Waals surface area contributed by atoms with Crippen molar-refractivity contribution in [3.05, 3.63) is 24.2 Å². The summed E-state index contributed by atoms with van der Waals surface area (Å²) in [5.41, 5.74) is 0. The molecule has 4 heterocycles. The van der Waals surface area contributed by atoms with Gasteiger partial charge in [0.15, 0.2) is 5.76 Å². The monoisotopic (exact) mass is 304 g/mol. The molecule has 5 heteroatoms. The van der Waals surface area contributed by atoms with Gasteiger partial charge in [-0.15, -0.1) is 0 Å². The Morgan fingerprint density at radius 2 is 2.05 bits per heavy atom. The lowest BCUT2D eigenvalue weighted by atomic mass is 9.84. The van der Waals surface area contributed by atoms with Gasteiger partial charge in [0.25, 0.3) is 5.91 Å². The SMILES string of the molecule is O=C(c1ccco1)N1CC2CC(CN(CC3CCOC3)C2)C1. The maximum atomic E-state index is 12.5. The fourth-order valence-electron chi connectivity index (χ4n) is 4.35. The number of rotatable bonds is 3. The Morgan fingerprint density at radius 3 is 2.68 bits per heavy atom. The van der Waals surface area contributed by atoms with E-state index in [1.165, 1.54) is 19.4 Å². The molecule has 3 saturated heterocycles. The number of amides is 1. The van der Waals surface area contributed by atoms with Gasteiger partial charge in [-0.2, -0.15) is 0 Å². The summed E-state index contributed by atoms with van der Waals surface area (Å²) in [6, 6.07) is 3.54. The van der Waals surface area contributed by atoms with Crippen LogP contribution < -0.4 is 0 Å². The fraction of sp³-hybridized carbons (Fsp3) is 0.706. The molecule has 0 spiro atoms. The third-order valence-corrected chi connectivity index (χ3v) is 5.22. The lowest BCUT2D eigenvalue weighted by Crippen LogP contribution is -2.54. The Hall–Kier alpha value is -1.33. The average Bonchev–Trinajstić information content (AvgIpc) is 3.18. The van der Waals surface area contributed by atoms with Crippen molar-refractivity contribution < 1.29 is 13.9 Å². The summed E-state index contributed by atoms with van der Waals surface area (Å²) in [5, 5.41) is 0. The van der Waals surface area contributed by atoms with Gasteiger partial charge in [0.1, 0.15) is 0 Å². The van der Waals surface area contributed by atoms with E-state index in [0.29, 0.717) is 23.5 Å². The fourth-order valence-corrected chi connectivity index (χ4v) is 4.35. The second kappa shape index (κ2) is 6.05. The smallest absolute Gasteiger partial charge is 0.289 e. The number of nitrogens with zero attached hydrogens (tertiary/aromatic N) is 2. The van der Waals surface area contributed by atoms with Crippen LogP contribution in [0.1, 0.15) is 23.4 Å². The average molecular weight is 304 g/mol. The van der Waals surface area contributed by atoms with Crippen molar-refractivity contribution >= 4 is 5.91 Å². The molecule has 1 aromatic rings. The van der Waals surface area contributed by atoms with Gasteiger partial charge in [0, 0.05) is 39.3 Å². The van der Waals surface area contributed by atoms with Crippen molar-refractivity contribution in [2.45, 2.75) is 12.8 Å². The summed E-state index contributed by atoms with van der Waals surface area (Å²) in [6.45, 7) is 7.00. The van der Waals surface area contributed by atoms with E-state index >= 15 is 0 Å². The van der Waals surface area contributed by atoms with Crippen LogP contribution in [-0.4, -0.2) is 61.6 Å². The number of fused-ring (bicyclic) bond motifs is 2. The van der Waals surface area contributed by atoms with Crippen molar-refractivity contribution in [2.24, 2.45) is 17.8 Å². The van der Waals surface area contributed by atoms with Crippen LogP contribution in [0.3, 0.4) is 0 Å². The van der Waals surface area contributed by atoms with E-state index in [2.05, 4.69) is 4.90 Å². The first-order valence-electron chi connectivity index (χ1n) is 8.41. The first kappa shape index (κ1) is 14.3. The van der Waals surface area contributed by atoms with Crippen molar-refractivity contribution in [3.8, 4) is 0 Å². The van der Waals surface area contributed by atoms with Gasteiger partial charge in [0.2, 0.25) is 0 Å². The van der Waals surface area contributed by atoms with Gasteiger partial charge >= 0.3 is 0 Å². The van der Waals surface area contributed by atoms with Crippen LogP contribution in [-0.2, 0) is 4.74 Å². The second-order valence-corrected chi connectivity index (χ2v) is 7.10. The van der Waals surface area contributed by atoms with E-state index < -0.39 is 0 Å². The molecule has 0 radical (unpaired) electrons. The highest BCUT2D eigenvalue weighted by atomic mass is 16.5. The molecule has 3 atom stereocenters. The van der Waals surface area contributed by atoms with Gasteiger partial charge in [0.05, 0.1) is 12.9 Å². The van der Waals surface area contributed by atoms with Crippen molar-refractivity contribution in [1.82, 2.24) is 9.80 Å². The van der Waals surface area contributed by atoms with Crippen molar-refractivity contribution in [3.63, 3.8) is 0 Å². The van der Waals surface area contributed by atoms with Crippen LogP contribution >= 0.6 is 0 Å². The Bertz CT molecular complexity index is 496. The minimum atomic E-state index is 0.0531. The zero-order valence-corrected chi connectivity index (χ0v) is 12.9. The highest BCUT2D eigenvalue weighted by Crippen LogP contribution is 2.30. The van der Waals surface area contributed by atoms with Gasteiger partial charge in [-0.1, -0.05) is 0 Å². The summed E-state index contributed by atoms with van der Waals surface area (Å²) >= 11 is 0. The molecule has 0 aliphatic carbocycles. The quantitative estimate of drug-likeness (QED) is 0.853. The maximum Gasteiger partial charge on any atom is 0.289 e. The number of hydrogen-bond acceptors (Lipinski definition) is 4. The van der Waals surface area contributed by atoms with Gasteiger partial charge < -0.3 is 19.0 Å². The summed E-state index contributed by atoms with van der Waals surface area (Å²) in [4.78, 5) is 17.1. The predicted octanol–water partition coefficient (Wildman–Crippen LogP) is 1.71. The molecule has 0 N–H and O–H groups in total. The largest absolute Gasteiger partial charge is 0.459 e. The van der Waals surface area contributed by atoms with E-state index in [1.54, 1.807) is 18.4 Å². The molecule has 1 amide bonds. The first-order valence-corrected chi connectivity index (χ1v) is 8.41. The number of carbonyl (C=O) groups excluding carboxylic acids is 1. The molecule has 22 heavy (non-hydrogen) atoms. The molecule has 3 unspecified atom stereocenters. The molecular weight excluding hydrogens is 280 g/mol. The lowest BCUT2D eigenvalue weighted by Gasteiger charge is -2.46. The molecule has 3 aliphatic rings. The Labute approximate surface area is 131 Å². The van der Waals surface area contributed by atoms with Gasteiger partial charge in [-0.25, -0.2) is 0 Å². The molecule has 1 aromatic heterocycles. The standard InChI is InChI=1S/C17H24N2O3/c20-17(16-2-1-4-22-16)19-10-14-6-15(11-19)9-18(8-14)7-13-3-5-21-12-13/h1-2,4,13-15H,3,5-12H2. The second-order valence-electron chi connectivity index (χ2n) is 7.10. The minimum Gasteiger partial charge on any atom is -0.459 e. The van der Waals surface area contributed by atoms with Gasteiger partial charge in [-0.05, 0) is 42.7 Å². The van der Waals surface area contributed by atoms with E-state index in [4.69, 9.17) is 9.15 Å². The molecule has 3 aliphatic heterocycles. The number of piperidine rings is 2. The van der Waals surface area contributed by atoms with E-state index in [0.717, 1.165) is 39.4 Å². The van der Waals surface area contributed by atoms with Crippen LogP contribution in [0.4, 0.5) is 0 Å². The number of likely N-dealkylation sites (tertiary alicyclic amines) is 2. The van der Waals surface area contributed by atoms with E-state index in [-0.39, 0.29) is 5.91 Å². The van der Waals surface area contributed by atoms with E-state index in [1.807, 2.05) is 4.90 Å². The van der Waals surface area contributed by atoms with E-state index in [9.17, 15) is 4.79 Å². The number of carbonyl (C=O) groups is 1. The highest BCUT2D eigenvalue weighted by molar-refractivity contribution is 5.91. The molecule has 4 rings (SSSR count). The van der Waals surface area contributed by atoms with Crippen LogP contribution in [0.25, 0.3) is 0 Å². The molecule has 2 bridgehead atoms. The highest BCUT2D eigenvalue weighted by Gasteiger charge is 2.37. The predicted molar refractivity (Wildman–Crippen MR) is 81.6 cm³/mol. The normalized spacial score (nSPS) is 32.4. The van der Waals surface area contributed by atoms with Crippen LogP contribution in [0.15, 0.2) is 22.8 Å². The van der Waals surface area contributed by atoms with Crippen LogP contribution in [0.5, 0.6) is 0 Å².